The summed E-state index contributed by atoms with van der Waals surface area (Å²) in [5.41, 5.74) is 3.49. The molecule has 5 heteroatoms. The van der Waals surface area contributed by atoms with E-state index in [4.69, 9.17) is 4.42 Å². The van der Waals surface area contributed by atoms with E-state index in [1.807, 2.05) is 60.9 Å². The molecule has 0 aliphatic carbocycles. The van der Waals surface area contributed by atoms with Gasteiger partial charge in [-0.3, -0.25) is 14.5 Å². The predicted molar refractivity (Wildman–Crippen MR) is 125 cm³/mol. The van der Waals surface area contributed by atoms with Crippen molar-refractivity contribution in [1.29, 1.82) is 0 Å². The minimum Gasteiger partial charge on any atom is -0.450 e. The van der Waals surface area contributed by atoms with Crippen molar-refractivity contribution < 1.29 is 9.21 Å². The van der Waals surface area contributed by atoms with Gasteiger partial charge in [0.15, 0.2) is 5.43 Å². The number of amides is 1. The molecule has 1 aromatic heterocycles. The highest BCUT2D eigenvalue weighted by atomic mass is 32.2. The topological polar surface area (TPSA) is 50.5 Å². The van der Waals surface area contributed by atoms with E-state index in [2.05, 4.69) is 6.92 Å². The van der Waals surface area contributed by atoms with Crippen LogP contribution in [0.25, 0.3) is 11.0 Å². The quantitative estimate of drug-likeness (QED) is 0.385. The lowest BCUT2D eigenvalue weighted by molar-refractivity contribution is 0.0971. The smallest absolute Gasteiger partial charge is 0.295 e. The highest BCUT2D eigenvalue weighted by Crippen LogP contribution is 2.41. The number of fused-ring (bicyclic) bond motifs is 2. The molecule has 2 heterocycles. The number of benzene rings is 3. The lowest BCUT2D eigenvalue weighted by Crippen LogP contribution is -2.29. The summed E-state index contributed by atoms with van der Waals surface area (Å²) in [6, 6.07) is 22.5. The van der Waals surface area contributed by atoms with Gasteiger partial charge >= 0.3 is 0 Å². The highest BCUT2D eigenvalue weighted by molar-refractivity contribution is 7.98. The van der Waals surface area contributed by atoms with Gasteiger partial charge in [0.05, 0.1) is 17.0 Å². The number of thioether (sulfide) groups is 1. The van der Waals surface area contributed by atoms with Crippen LogP contribution in [0, 0.1) is 0 Å². The van der Waals surface area contributed by atoms with Crippen molar-refractivity contribution in [3.05, 3.63) is 105 Å². The van der Waals surface area contributed by atoms with Crippen LogP contribution in [0.1, 0.15) is 40.2 Å². The van der Waals surface area contributed by atoms with Crippen molar-refractivity contribution >= 4 is 34.3 Å². The van der Waals surface area contributed by atoms with Crippen molar-refractivity contribution in [2.45, 2.75) is 24.3 Å². The van der Waals surface area contributed by atoms with E-state index in [9.17, 15) is 9.59 Å². The van der Waals surface area contributed by atoms with Crippen LogP contribution in [0.4, 0.5) is 5.69 Å². The predicted octanol–water partition coefficient (Wildman–Crippen LogP) is 5.83. The zero-order valence-corrected chi connectivity index (χ0v) is 18.1. The van der Waals surface area contributed by atoms with Gasteiger partial charge in [-0.05, 0) is 60.2 Å². The Morgan fingerprint density at radius 2 is 1.65 bits per heavy atom. The minimum atomic E-state index is -0.535. The van der Waals surface area contributed by atoms with Gasteiger partial charge < -0.3 is 4.42 Å². The summed E-state index contributed by atoms with van der Waals surface area (Å²) in [6.07, 6.45) is 2.94. The molecular weight excluding hydrogens is 406 g/mol. The number of nitrogens with zero attached hydrogens (tertiary/aromatic N) is 1. The first-order chi connectivity index (χ1) is 15.1. The molecule has 0 saturated carbocycles. The number of rotatable bonds is 4. The van der Waals surface area contributed by atoms with Gasteiger partial charge in [-0.25, -0.2) is 0 Å². The Bertz CT molecular complexity index is 1340. The lowest BCUT2D eigenvalue weighted by atomic mass is 9.98. The number of anilines is 1. The summed E-state index contributed by atoms with van der Waals surface area (Å²) in [6.45, 7) is 2.09. The van der Waals surface area contributed by atoms with E-state index in [1.54, 1.807) is 34.9 Å². The Labute approximate surface area is 184 Å². The molecular formula is C26H21NO3S. The van der Waals surface area contributed by atoms with Gasteiger partial charge in [-0.2, -0.15) is 0 Å². The fourth-order valence-electron chi connectivity index (χ4n) is 4.18. The van der Waals surface area contributed by atoms with Crippen LogP contribution < -0.4 is 10.3 Å². The van der Waals surface area contributed by atoms with Gasteiger partial charge in [0, 0.05) is 10.6 Å². The van der Waals surface area contributed by atoms with Crippen molar-refractivity contribution in [2.75, 3.05) is 11.2 Å². The molecule has 0 N–H and O–H groups in total. The molecule has 0 radical (unpaired) electrons. The second kappa shape index (κ2) is 7.75. The molecule has 1 unspecified atom stereocenters. The van der Waals surface area contributed by atoms with Gasteiger partial charge in [-0.15, -0.1) is 11.8 Å². The fraction of sp³-hybridized carbons (Fsp3) is 0.154. The van der Waals surface area contributed by atoms with Crippen LogP contribution in [0.15, 0.2) is 86.9 Å². The number of hydrogen-bond donors (Lipinski definition) is 0. The van der Waals surface area contributed by atoms with Crippen LogP contribution in [-0.4, -0.2) is 12.2 Å². The molecule has 0 spiro atoms. The van der Waals surface area contributed by atoms with Crippen molar-refractivity contribution in [3.8, 4) is 0 Å². The fourth-order valence-corrected chi connectivity index (χ4v) is 4.59. The summed E-state index contributed by atoms with van der Waals surface area (Å²) in [7, 11) is 0. The molecule has 1 aliphatic rings. The monoisotopic (exact) mass is 427 g/mol. The lowest BCUT2D eigenvalue weighted by Gasteiger charge is -2.25. The molecule has 5 rings (SSSR count). The average Bonchev–Trinajstić information content (AvgIpc) is 3.12. The Hall–Kier alpha value is -3.31. The summed E-state index contributed by atoms with van der Waals surface area (Å²) < 4.78 is 6.00. The van der Waals surface area contributed by atoms with Crippen molar-refractivity contribution in [2.24, 2.45) is 0 Å². The zero-order valence-electron chi connectivity index (χ0n) is 17.3. The minimum absolute atomic E-state index is 0.127. The van der Waals surface area contributed by atoms with Gasteiger partial charge in [-0.1, -0.05) is 43.3 Å². The van der Waals surface area contributed by atoms with Crippen LogP contribution in [0.2, 0.25) is 0 Å². The van der Waals surface area contributed by atoms with Crippen molar-refractivity contribution in [3.63, 3.8) is 0 Å². The maximum Gasteiger partial charge on any atom is 0.295 e. The molecule has 1 aliphatic heterocycles. The third-order valence-electron chi connectivity index (χ3n) is 5.83. The van der Waals surface area contributed by atoms with Gasteiger partial charge in [0.2, 0.25) is 5.76 Å². The first-order valence-electron chi connectivity index (χ1n) is 10.2. The zero-order chi connectivity index (χ0) is 21.5. The summed E-state index contributed by atoms with van der Waals surface area (Å²) in [4.78, 5) is 29.9. The molecule has 0 fully saturated rings. The normalized spacial score (nSPS) is 15.5. The van der Waals surface area contributed by atoms with E-state index < -0.39 is 6.04 Å². The molecule has 1 atom stereocenters. The maximum atomic E-state index is 13.5. The SMILES string of the molecule is CCc1ccc(N2C(=O)c3oc4ccccc4c(=O)c3C2c2ccc(SC)cc2)cc1. The van der Waals surface area contributed by atoms with Gasteiger partial charge in [0.1, 0.15) is 5.58 Å². The second-order valence-electron chi connectivity index (χ2n) is 7.54. The number of carbonyl (C=O) groups is 1. The highest BCUT2D eigenvalue weighted by Gasteiger charge is 2.43. The Morgan fingerprint density at radius 3 is 2.32 bits per heavy atom. The van der Waals surface area contributed by atoms with Crippen LogP contribution in [0.5, 0.6) is 0 Å². The molecule has 0 saturated heterocycles. The average molecular weight is 428 g/mol. The molecule has 1 amide bonds. The number of para-hydroxylation sites is 1. The number of carbonyl (C=O) groups excluding carboxylic acids is 1. The van der Waals surface area contributed by atoms with E-state index in [0.29, 0.717) is 16.5 Å². The van der Waals surface area contributed by atoms with Crippen LogP contribution in [-0.2, 0) is 6.42 Å². The van der Waals surface area contributed by atoms with E-state index in [1.165, 1.54) is 5.56 Å². The third-order valence-corrected chi connectivity index (χ3v) is 6.58. The third kappa shape index (κ3) is 3.17. The Balaban J connectivity index is 1.76. The molecule has 3 aromatic carbocycles. The second-order valence-corrected chi connectivity index (χ2v) is 8.42. The molecule has 4 nitrogen and oxygen atoms in total. The van der Waals surface area contributed by atoms with Crippen LogP contribution in [0.3, 0.4) is 0 Å². The Morgan fingerprint density at radius 1 is 0.935 bits per heavy atom. The number of hydrogen-bond acceptors (Lipinski definition) is 4. The standard InChI is InChI=1S/C26H21NO3S/c1-3-16-8-12-18(13-9-16)27-23(17-10-14-19(31-2)15-11-17)22-24(28)20-6-4-5-7-21(20)30-25(22)26(27)29/h4-15,23H,3H2,1-2H3. The largest absolute Gasteiger partial charge is 0.450 e. The number of aryl methyl sites for hydroxylation is 1. The molecule has 31 heavy (non-hydrogen) atoms. The maximum absolute atomic E-state index is 13.5. The first-order valence-corrected chi connectivity index (χ1v) is 11.5. The molecule has 4 aromatic rings. The van der Waals surface area contributed by atoms with E-state index in [-0.39, 0.29) is 17.1 Å². The van der Waals surface area contributed by atoms with E-state index >= 15 is 0 Å². The summed E-state index contributed by atoms with van der Waals surface area (Å²) in [5, 5.41) is 0.489. The van der Waals surface area contributed by atoms with E-state index in [0.717, 1.165) is 22.6 Å². The first kappa shape index (κ1) is 19.6. The van der Waals surface area contributed by atoms with Crippen LogP contribution >= 0.6 is 11.8 Å². The summed E-state index contributed by atoms with van der Waals surface area (Å²) >= 11 is 1.65. The Kier molecular flexibility index (Phi) is 4.91. The van der Waals surface area contributed by atoms with Gasteiger partial charge in [0.25, 0.3) is 5.91 Å². The van der Waals surface area contributed by atoms with Crippen molar-refractivity contribution in [1.82, 2.24) is 0 Å². The molecule has 154 valence electrons. The molecule has 0 bridgehead atoms. The summed E-state index contributed by atoms with van der Waals surface area (Å²) in [5.74, 6) is -0.164.